The highest BCUT2D eigenvalue weighted by atomic mass is 19.1. The molecule has 3 aliphatic carbocycles. The van der Waals surface area contributed by atoms with Gasteiger partial charge in [0.1, 0.15) is 5.67 Å². The van der Waals surface area contributed by atoms with Crippen LogP contribution in [0.15, 0.2) is 0 Å². The Hall–Kier alpha value is -0.0700. The highest BCUT2D eigenvalue weighted by Crippen LogP contribution is 2.51. The molecule has 0 bridgehead atoms. The lowest BCUT2D eigenvalue weighted by Gasteiger charge is -2.47. The molecular formula is C17H29F. The van der Waals surface area contributed by atoms with Crippen LogP contribution in [0, 0.1) is 17.8 Å². The molecule has 3 fully saturated rings. The first kappa shape index (κ1) is 12.9. The zero-order valence-corrected chi connectivity index (χ0v) is 11.8. The Labute approximate surface area is 112 Å². The minimum absolute atomic E-state index is 0.432. The number of hydrogen-bond donors (Lipinski definition) is 0. The highest BCUT2D eigenvalue weighted by molar-refractivity contribution is 4.97. The second-order valence-corrected chi connectivity index (χ2v) is 7.29. The van der Waals surface area contributed by atoms with Crippen LogP contribution in [0.5, 0.6) is 0 Å². The van der Waals surface area contributed by atoms with E-state index in [9.17, 15) is 0 Å². The van der Waals surface area contributed by atoms with E-state index in [1.807, 2.05) is 0 Å². The van der Waals surface area contributed by atoms with Crippen molar-refractivity contribution in [3.8, 4) is 0 Å². The summed E-state index contributed by atoms with van der Waals surface area (Å²) < 4.78 is 15.5. The largest absolute Gasteiger partial charge is 0.244 e. The molecule has 0 amide bonds. The van der Waals surface area contributed by atoms with Crippen LogP contribution in [0.1, 0.15) is 83.5 Å². The fourth-order valence-corrected chi connectivity index (χ4v) is 5.20. The van der Waals surface area contributed by atoms with Gasteiger partial charge in [-0.05, 0) is 49.9 Å². The first-order chi connectivity index (χ1) is 8.78. The average molecular weight is 252 g/mol. The van der Waals surface area contributed by atoms with Crippen molar-refractivity contribution < 1.29 is 4.39 Å². The van der Waals surface area contributed by atoms with Crippen molar-refractivity contribution in [2.75, 3.05) is 0 Å². The van der Waals surface area contributed by atoms with E-state index in [0.717, 1.165) is 25.2 Å². The first-order valence-corrected chi connectivity index (χ1v) is 8.47. The van der Waals surface area contributed by atoms with E-state index in [1.54, 1.807) is 0 Å². The van der Waals surface area contributed by atoms with E-state index >= 15 is 4.39 Å². The zero-order valence-electron chi connectivity index (χ0n) is 11.8. The molecule has 104 valence electrons. The second-order valence-electron chi connectivity index (χ2n) is 7.29. The summed E-state index contributed by atoms with van der Waals surface area (Å²) in [7, 11) is 0. The third-order valence-corrected chi connectivity index (χ3v) is 6.09. The topological polar surface area (TPSA) is 0 Å². The Kier molecular flexibility index (Phi) is 3.96. The summed E-state index contributed by atoms with van der Waals surface area (Å²) in [6, 6.07) is 0. The summed E-state index contributed by atoms with van der Waals surface area (Å²) >= 11 is 0. The molecule has 0 aromatic carbocycles. The van der Waals surface area contributed by atoms with Crippen LogP contribution < -0.4 is 0 Å². The van der Waals surface area contributed by atoms with E-state index in [1.165, 1.54) is 64.2 Å². The van der Waals surface area contributed by atoms with Gasteiger partial charge in [0.2, 0.25) is 0 Å². The molecule has 18 heavy (non-hydrogen) atoms. The smallest absolute Gasteiger partial charge is 0.114 e. The molecule has 3 aliphatic rings. The van der Waals surface area contributed by atoms with Crippen molar-refractivity contribution in [2.45, 2.75) is 89.1 Å². The van der Waals surface area contributed by atoms with Crippen molar-refractivity contribution in [1.29, 1.82) is 0 Å². The van der Waals surface area contributed by atoms with Crippen LogP contribution in [-0.2, 0) is 0 Å². The molecule has 3 saturated carbocycles. The standard InChI is InChI=1S/C17H29F/c18-17(13-14-7-2-1-3-8-14)12-6-10-15-9-4-5-11-16(15)17/h14-16H,1-13H2. The fourth-order valence-electron chi connectivity index (χ4n) is 5.20. The molecule has 0 nitrogen and oxygen atoms in total. The van der Waals surface area contributed by atoms with Crippen molar-refractivity contribution in [3.63, 3.8) is 0 Å². The van der Waals surface area contributed by atoms with Gasteiger partial charge in [-0.2, -0.15) is 0 Å². The Bertz CT molecular complexity index is 267. The molecule has 0 aliphatic heterocycles. The molecule has 3 rings (SSSR count). The number of fused-ring (bicyclic) bond motifs is 1. The Balaban J connectivity index is 1.66. The lowest BCUT2D eigenvalue weighted by Crippen LogP contribution is -2.44. The quantitative estimate of drug-likeness (QED) is 0.595. The van der Waals surface area contributed by atoms with Gasteiger partial charge in [-0.1, -0.05) is 51.4 Å². The monoisotopic (exact) mass is 252 g/mol. The van der Waals surface area contributed by atoms with Gasteiger partial charge < -0.3 is 0 Å². The summed E-state index contributed by atoms with van der Waals surface area (Å²) in [6.07, 6.45) is 16.1. The molecule has 0 heterocycles. The van der Waals surface area contributed by atoms with Crippen LogP contribution in [0.4, 0.5) is 4.39 Å². The lowest BCUT2D eigenvalue weighted by atomic mass is 9.61. The van der Waals surface area contributed by atoms with Gasteiger partial charge in [0.05, 0.1) is 0 Å². The van der Waals surface area contributed by atoms with Crippen LogP contribution in [0.2, 0.25) is 0 Å². The third kappa shape index (κ3) is 2.60. The SMILES string of the molecule is FC1(CC2CCCCC2)CCCC2CCCCC21. The number of rotatable bonds is 2. The highest BCUT2D eigenvalue weighted by Gasteiger charge is 2.47. The van der Waals surface area contributed by atoms with E-state index in [2.05, 4.69) is 0 Å². The van der Waals surface area contributed by atoms with Gasteiger partial charge >= 0.3 is 0 Å². The summed E-state index contributed by atoms with van der Waals surface area (Å²) in [5, 5.41) is 0. The molecular weight excluding hydrogens is 223 g/mol. The minimum Gasteiger partial charge on any atom is -0.244 e. The minimum atomic E-state index is -0.772. The maximum Gasteiger partial charge on any atom is 0.114 e. The molecule has 1 heteroatoms. The molecule has 0 spiro atoms. The molecule has 3 atom stereocenters. The van der Waals surface area contributed by atoms with E-state index < -0.39 is 5.67 Å². The normalized spacial score (nSPS) is 42.5. The van der Waals surface area contributed by atoms with Gasteiger partial charge in [0.25, 0.3) is 0 Å². The van der Waals surface area contributed by atoms with Gasteiger partial charge in [-0.15, -0.1) is 0 Å². The van der Waals surface area contributed by atoms with Crippen molar-refractivity contribution in [2.24, 2.45) is 17.8 Å². The molecule has 0 N–H and O–H groups in total. The first-order valence-electron chi connectivity index (χ1n) is 8.47. The summed E-state index contributed by atoms with van der Waals surface area (Å²) in [4.78, 5) is 0. The molecule has 0 saturated heterocycles. The second kappa shape index (κ2) is 5.51. The van der Waals surface area contributed by atoms with Crippen molar-refractivity contribution >= 4 is 0 Å². The predicted molar refractivity (Wildman–Crippen MR) is 74.3 cm³/mol. The number of halogens is 1. The van der Waals surface area contributed by atoms with Crippen LogP contribution >= 0.6 is 0 Å². The summed E-state index contributed by atoms with van der Waals surface area (Å²) in [5.74, 6) is 1.88. The summed E-state index contributed by atoms with van der Waals surface area (Å²) in [5.41, 5.74) is -0.772. The average Bonchev–Trinajstić information content (AvgIpc) is 2.40. The predicted octanol–water partition coefficient (Wildman–Crippen LogP) is 5.66. The fraction of sp³-hybridized carbons (Fsp3) is 1.00. The van der Waals surface area contributed by atoms with E-state index in [4.69, 9.17) is 0 Å². The van der Waals surface area contributed by atoms with Crippen LogP contribution in [-0.4, -0.2) is 5.67 Å². The molecule has 0 aromatic rings. The van der Waals surface area contributed by atoms with Gasteiger partial charge in [-0.25, -0.2) is 4.39 Å². The molecule has 0 aromatic heterocycles. The Morgan fingerprint density at radius 3 is 2.28 bits per heavy atom. The maximum absolute atomic E-state index is 15.5. The van der Waals surface area contributed by atoms with E-state index in [0.29, 0.717) is 11.8 Å². The number of hydrogen-bond acceptors (Lipinski definition) is 0. The Morgan fingerprint density at radius 1 is 0.778 bits per heavy atom. The van der Waals surface area contributed by atoms with Gasteiger partial charge in [0.15, 0.2) is 0 Å². The van der Waals surface area contributed by atoms with Crippen molar-refractivity contribution in [1.82, 2.24) is 0 Å². The van der Waals surface area contributed by atoms with Crippen molar-refractivity contribution in [3.05, 3.63) is 0 Å². The van der Waals surface area contributed by atoms with Crippen LogP contribution in [0.3, 0.4) is 0 Å². The Morgan fingerprint density at radius 2 is 1.44 bits per heavy atom. The zero-order chi connectivity index (χ0) is 12.4. The molecule has 3 unspecified atom stereocenters. The van der Waals surface area contributed by atoms with E-state index in [-0.39, 0.29) is 0 Å². The lowest BCUT2D eigenvalue weighted by molar-refractivity contribution is -0.0415. The summed E-state index contributed by atoms with van der Waals surface area (Å²) in [6.45, 7) is 0. The van der Waals surface area contributed by atoms with Gasteiger partial charge in [0, 0.05) is 0 Å². The molecule has 0 radical (unpaired) electrons. The van der Waals surface area contributed by atoms with Gasteiger partial charge in [-0.3, -0.25) is 0 Å². The van der Waals surface area contributed by atoms with Crippen LogP contribution in [0.25, 0.3) is 0 Å². The maximum atomic E-state index is 15.5. The number of alkyl halides is 1. The third-order valence-electron chi connectivity index (χ3n) is 6.09.